The number of hydrogen-bond donors (Lipinski definition) is 0. The summed E-state index contributed by atoms with van der Waals surface area (Å²) in [5.41, 5.74) is 5.99. The van der Waals surface area contributed by atoms with Crippen LogP contribution in [0.15, 0.2) is 72.9 Å². The highest BCUT2D eigenvalue weighted by atomic mass is 16.5. The molecule has 0 aliphatic rings. The predicted molar refractivity (Wildman–Crippen MR) is 120 cm³/mol. The Kier molecular flexibility index (Phi) is 4.36. The molecular formula is C25H21N3O2. The third kappa shape index (κ3) is 2.87. The Hall–Kier alpha value is -3.86. The lowest BCUT2D eigenvalue weighted by molar-refractivity contribution is 0.355. The van der Waals surface area contributed by atoms with E-state index in [1.807, 2.05) is 47.3 Å². The number of para-hydroxylation sites is 1. The Labute approximate surface area is 174 Å². The molecular weight excluding hydrogens is 374 g/mol. The summed E-state index contributed by atoms with van der Waals surface area (Å²) in [7, 11) is 3.27. The van der Waals surface area contributed by atoms with Gasteiger partial charge in [-0.15, -0.1) is 0 Å². The van der Waals surface area contributed by atoms with Crippen molar-refractivity contribution in [2.24, 2.45) is 0 Å². The lowest BCUT2D eigenvalue weighted by atomic mass is 10.1. The van der Waals surface area contributed by atoms with Crippen molar-refractivity contribution < 1.29 is 9.47 Å². The highest BCUT2D eigenvalue weighted by molar-refractivity contribution is 6.08. The van der Waals surface area contributed by atoms with Crippen molar-refractivity contribution >= 4 is 21.8 Å². The zero-order chi connectivity index (χ0) is 20.7. The first kappa shape index (κ1) is 18.2. The number of methoxy groups -OCH3 is 2. The van der Waals surface area contributed by atoms with Gasteiger partial charge in [-0.1, -0.05) is 35.9 Å². The summed E-state index contributed by atoms with van der Waals surface area (Å²) in [5, 5.41) is 7.07. The molecule has 0 aliphatic carbocycles. The monoisotopic (exact) mass is 395 g/mol. The summed E-state index contributed by atoms with van der Waals surface area (Å²) in [6, 6.07) is 22.4. The molecule has 0 atom stereocenters. The first-order valence-corrected chi connectivity index (χ1v) is 9.75. The second kappa shape index (κ2) is 7.19. The quantitative estimate of drug-likeness (QED) is 0.399. The van der Waals surface area contributed by atoms with Crippen LogP contribution in [0.1, 0.15) is 5.56 Å². The average molecular weight is 395 g/mol. The molecule has 5 heteroatoms. The first-order chi connectivity index (χ1) is 14.7. The van der Waals surface area contributed by atoms with Crippen molar-refractivity contribution in [1.29, 1.82) is 0 Å². The summed E-state index contributed by atoms with van der Waals surface area (Å²) in [6.07, 6.45) is 1.90. The molecule has 0 aliphatic heterocycles. The van der Waals surface area contributed by atoms with E-state index in [1.165, 1.54) is 5.56 Å². The molecule has 0 bridgehead atoms. The molecule has 5 nitrogen and oxygen atoms in total. The van der Waals surface area contributed by atoms with Gasteiger partial charge < -0.3 is 9.47 Å². The van der Waals surface area contributed by atoms with Gasteiger partial charge in [0.15, 0.2) is 11.5 Å². The van der Waals surface area contributed by atoms with E-state index in [2.05, 4.69) is 42.2 Å². The number of pyridine rings is 1. The highest BCUT2D eigenvalue weighted by Crippen LogP contribution is 2.37. The zero-order valence-corrected chi connectivity index (χ0v) is 17.1. The SMILES string of the molecule is COc1ccc(-c2nn(-c3ccc(C)cc3)c3c2cnc2ccccc23)cc1OC. The average Bonchev–Trinajstić information content (AvgIpc) is 3.19. The van der Waals surface area contributed by atoms with Crippen LogP contribution in [0.3, 0.4) is 0 Å². The molecule has 5 aromatic rings. The summed E-state index contributed by atoms with van der Waals surface area (Å²) in [6.45, 7) is 2.08. The Morgan fingerprint density at radius 2 is 1.57 bits per heavy atom. The number of rotatable bonds is 4. The van der Waals surface area contributed by atoms with Crippen molar-refractivity contribution in [3.8, 4) is 28.4 Å². The normalized spacial score (nSPS) is 11.2. The highest BCUT2D eigenvalue weighted by Gasteiger charge is 2.18. The first-order valence-electron chi connectivity index (χ1n) is 9.75. The Morgan fingerprint density at radius 1 is 0.800 bits per heavy atom. The largest absolute Gasteiger partial charge is 0.493 e. The molecule has 0 saturated heterocycles. The number of ether oxygens (including phenoxy) is 2. The van der Waals surface area contributed by atoms with Crippen LogP contribution in [0.5, 0.6) is 11.5 Å². The third-order valence-electron chi connectivity index (χ3n) is 5.35. The lowest BCUT2D eigenvalue weighted by Gasteiger charge is -2.08. The molecule has 0 amide bonds. The number of aryl methyl sites for hydroxylation is 1. The molecule has 148 valence electrons. The van der Waals surface area contributed by atoms with Gasteiger partial charge in [0.2, 0.25) is 0 Å². The third-order valence-corrected chi connectivity index (χ3v) is 5.35. The number of fused-ring (bicyclic) bond motifs is 3. The molecule has 2 heterocycles. The van der Waals surface area contributed by atoms with Crippen LogP contribution >= 0.6 is 0 Å². The van der Waals surface area contributed by atoms with Crippen molar-refractivity contribution in [2.45, 2.75) is 6.92 Å². The van der Waals surface area contributed by atoms with Crippen molar-refractivity contribution in [1.82, 2.24) is 14.8 Å². The van der Waals surface area contributed by atoms with E-state index in [1.54, 1.807) is 14.2 Å². The van der Waals surface area contributed by atoms with Gasteiger partial charge >= 0.3 is 0 Å². The molecule has 0 radical (unpaired) electrons. The molecule has 0 fully saturated rings. The van der Waals surface area contributed by atoms with Gasteiger partial charge in [0.25, 0.3) is 0 Å². The van der Waals surface area contributed by atoms with Crippen molar-refractivity contribution in [3.63, 3.8) is 0 Å². The van der Waals surface area contributed by atoms with Gasteiger partial charge in [-0.25, -0.2) is 4.68 Å². The fourth-order valence-corrected chi connectivity index (χ4v) is 3.80. The van der Waals surface area contributed by atoms with Crippen LogP contribution in [0, 0.1) is 6.92 Å². The minimum absolute atomic E-state index is 0.668. The van der Waals surface area contributed by atoms with Crippen molar-refractivity contribution in [3.05, 3.63) is 78.5 Å². The standard InChI is InChI=1S/C25H21N3O2/c1-16-8-11-18(12-9-16)28-25-19-6-4-5-7-21(19)26-15-20(25)24(27-28)17-10-13-22(29-2)23(14-17)30-3/h4-15H,1-3H3. The Morgan fingerprint density at radius 3 is 2.33 bits per heavy atom. The van der Waals surface area contributed by atoms with Gasteiger partial charge in [-0.2, -0.15) is 5.10 Å². The summed E-state index contributed by atoms with van der Waals surface area (Å²) < 4.78 is 12.9. The van der Waals surface area contributed by atoms with E-state index < -0.39 is 0 Å². The number of hydrogen-bond acceptors (Lipinski definition) is 4. The fourth-order valence-electron chi connectivity index (χ4n) is 3.80. The number of nitrogens with zero attached hydrogens (tertiary/aromatic N) is 3. The summed E-state index contributed by atoms with van der Waals surface area (Å²) >= 11 is 0. The zero-order valence-electron chi connectivity index (χ0n) is 17.1. The number of aromatic nitrogens is 3. The van der Waals surface area contributed by atoms with Crippen LogP contribution in [-0.2, 0) is 0 Å². The lowest BCUT2D eigenvalue weighted by Crippen LogP contribution is -1.97. The molecule has 5 rings (SSSR count). The molecule has 0 saturated carbocycles. The maximum absolute atomic E-state index is 5.51. The maximum atomic E-state index is 5.51. The van der Waals surface area contributed by atoms with E-state index >= 15 is 0 Å². The maximum Gasteiger partial charge on any atom is 0.161 e. The number of benzene rings is 3. The summed E-state index contributed by atoms with van der Waals surface area (Å²) in [5.74, 6) is 1.36. The van der Waals surface area contributed by atoms with Gasteiger partial charge in [0.1, 0.15) is 5.69 Å². The molecule has 0 N–H and O–H groups in total. The Bertz CT molecular complexity index is 1370. The molecule has 3 aromatic carbocycles. The minimum Gasteiger partial charge on any atom is -0.493 e. The van der Waals surface area contributed by atoms with Crippen LogP contribution in [-0.4, -0.2) is 29.0 Å². The van der Waals surface area contributed by atoms with Gasteiger partial charge in [0, 0.05) is 22.5 Å². The molecule has 30 heavy (non-hydrogen) atoms. The van der Waals surface area contributed by atoms with Gasteiger partial charge in [-0.05, 0) is 43.3 Å². The second-order valence-electron chi connectivity index (χ2n) is 7.20. The van der Waals surface area contributed by atoms with Crippen molar-refractivity contribution in [2.75, 3.05) is 14.2 Å². The van der Waals surface area contributed by atoms with Gasteiger partial charge in [-0.3, -0.25) is 4.98 Å². The van der Waals surface area contributed by atoms with E-state index in [0.29, 0.717) is 11.5 Å². The summed E-state index contributed by atoms with van der Waals surface area (Å²) in [4.78, 5) is 4.68. The van der Waals surface area contributed by atoms with Crippen LogP contribution in [0.25, 0.3) is 38.8 Å². The van der Waals surface area contributed by atoms with Crippen LogP contribution in [0.4, 0.5) is 0 Å². The molecule has 0 unspecified atom stereocenters. The molecule has 0 spiro atoms. The predicted octanol–water partition coefficient (Wildman–Crippen LogP) is 5.57. The smallest absolute Gasteiger partial charge is 0.161 e. The topological polar surface area (TPSA) is 49.2 Å². The minimum atomic E-state index is 0.668. The van der Waals surface area contributed by atoms with E-state index in [9.17, 15) is 0 Å². The van der Waals surface area contributed by atoms with Crippen LogP contribution < -0.4 is 9.47 Å². The van der Waals surface area contributed by atoms with Gasteiger partial charge in [0.05, 0.1) is 30.9 Å². The Balaban J connectivity index is 1.84. The fraction of sp³-hybridized carbons (Fsp3) is 0.120. The van der Waals surface area contributed by atoms with E-state index in [-0.39, 0.29) is 0 Å². The van der Waals surface area contributed by atoms with E-state index in [4.69, 9.17) is 14.6 Å². The molecule has 2 aromatic heterocycles. The van der Waals surface area contributed by atoms with E-state index in [0.717, 1.165) is 38.8 Å². The van der Waals surface area contributed by atoms with Crippen LogP contribution in [0.2, 0.25) is 0 Å². The second-order valence-corrected chi connectivity index (χ2v) is 7.20.